The third-order valence-corrected chi connectivity index (χ3v) is 6.03. The number of anilines is 2. The van der Waals surface area contributed by atoms with Crippen LogP contribution in [0.15, 0.2) is 18.2 Å². The van der Waals surface area contributed by atoms with Crippen molar-refractivity contribution in [1.82, 2.24) is 9.80 Å². The third kappa shape index (κ3) is 4.65. The van der Waals surface area contributed by atoms with Crippen LogP contribution in [0.3, 0.4) is 0 Å². The lowest BCUT2D eigenvalue weighted by molar-refractivity contribution is -0.144. The summed E-state index contributed by atoms with van der Waals surface area (Å²) in [6.45, 7) is 0.824. The second-order valence-electron chi connectivity index (χ2n) is 8.16. The van der Waals surface area contributed by atoms with Crippen molar-refractivity contribution >= 4 is 35.1 Å². The first-order chi connectivity index (χ1) is 15.7. The van der Waals surface area contributed by atoms with Crippen molar-refractivity contribution in [3.63, 3.8) is 0 Å². The van der Waals surface area contributed by atoms with E-state index >= 15 is 0 Å². The fourth-order valence-corrected chi connectivity index (χ4v) is 4.37. The Morgan fingerprint density at radius 2 is 1.73 bits per heavy atom. The Labute approximate surface area is 187 Å². The minimum Gasteiger partial charge on any atom is -0.378 e. The standard InChI is InChI=1S/C21H23F3N4O5/c22-21(23,24)13-5-6-16(26-7-9-33-10-8-26)15(11-13)25-17(29)12-27-18(30)19(31)28(20(27)32)14-3-1-2-4-14/h5-6,11,14H,1-4,7-10,12H2,(H,25,29). The van der Waals surface area contributed by atoms with E-state index in [0.29, 0.717) is 49.7 Å². The van der Waals surface area contributed by atoms with Crippen LogP contribution in [0.5, 0.6) is 0 Å². The number of ether oxygens (including phenoxy) is 1. The van der Waals surface area contributed by atoms with Crippen LogP contribution in [-0.4, -0.2) is 72.4 Å². The third-order valence-electron chi connectivity index (χ3n) is 6.03. The number of rotatable bonds is 5. The van der Waals surface area contributed by atoms with Crippen LogP contribution >= 0.6 is 0 Å². The molecule has 2 heterocycles. The first kappa shape index (κ1) is 23.0. The molecule has 0 spiro atoms. The molecule has 0 bridgehead atoms. The summed E-state index contributed by atoms with van der Waals surface area (Å²) in [7, 11) is 0. The highest BCUT2D eigenvalue weighted by Gasteiger charge is 2.48. The predicted octanol–water partition coefficient (Wildman–Crippen LogP) is 2.21. The summed E-state index contributed by atoms with van der Waals surface area (Å²) in [6.07, 6.45) is -1.78. The first-order valence-electron chi connectivity index (χ1n) is 10.7. The highest BCUT2D eigenvalue weighted by atomic mass is 19.4. The Morgan fingerprint density at radius 3 is 2.36 bits per heavy atom. The number of nitrogens with one attached hydrogen (secondary N) is 1. The quantitative estimate of drug-likeness (QED) is 0.526. The molecule has 1 N–H and O–H groups in total. The molecule has 1 aliphatic carbocycles. The van der Waals surface area contributed by atoms with E-state index in [-0.39, 0.29) is 11.7 Å². The maximum absolute atomic E-state index is 13.3. The molecule has 3 aliphatic rings. The van der Waals surface area contributed by atoms with Gasteiger partial charge in [0.05, 0.1) is 30.2 Å². The van der Waals surface area contributed by atoms with E-state index in [1.165, 1.54) is 6.07 Å². The minimum absolute atomic E-state index is 0.102. The monoisotopic (exact) mass is 468 g/mol. The number of hydrogen-bond donors (Lipinski definition) is 1. The van der Waals surface area contributed by atoms with Crippen LogP contribution in [0.1, 0.15) is 31.2 Å². The van der Waals surface area contributed by atoms with Gasteiger partial charge in [-0.2, -0.15) is 13.2 Å². The van der Waals surface area contributed by atoms with E-state index in [0.717, 1.165) is 29.9 Å². The van der Waals surface area contributed by atoms with Crippen molar-refractivity contribution in [2.45, 2.75) is 37.9 Å². The SMILES string of the molecule is O=C(CN1C(=O)C(=O)N(C2CCCC2)C1=O)Nc1cc(C(F)(F)F)ccc1N1CCOCC1. The highest BCUT2D eigenvalue weighted by molar-refractivity contribution is 6.45. The number of alkyl halides is 3. The number of nitrogens with zero attached hydrogens (tertiary/aromatic N) is 3. The first-order valence-corrected chi connectivity index (χ1v) is 10.7. The van der Waals surface area contributed by atoms with Gasteiger partial charge in [-0.05, 0) is 31.0 Å². The molecule has 2 saturated heterocycles. The number of morpholine rings is 1. The number of urea groups is 1. The summed E-state index contributed by atoms with van der Waals surface area (Å²) >= 11 is 0. The van der Waals surface area contributed by atoms with Gasteiger partial charge in [-0.3, -0.25) is 19.3 Å². The van der Waals surface area contributed by atoms with Gasteiger partial charge in [-0.15, -0.1) is 0 Å². The van der Waals surface area contributed by atoms with Crippen LogP contribution in [0.4, 0.5) is 29.3 Å². The van der Waals surface area contributed by atoms with Gasteiger partial charge in [0.2, 0.25) is 5.91 Å². The summed E-state index contributed by atoms with van der Waals surface area (Å²) in [4.78, 5) is 53.2. The normalized spacial score (nSPS) is 20.2. The van der Waals surface area contributed by atoms with Crippen molar-refractivity contribution in [3.05, 3.63) is 23.8 Å². The average molecular weight is 468 g/mol. The molecular weight excluding hydrogens is 445 g/mol. The number of halogens is 3. The summed E-state index contributed by atoms with van der Waals surface area (Å²) in [5.41, 5.74) is -0.692. The Bertz CT molecular complexity index is 971. The second kappa shape index (κ2) is 9.00. The molecule has 0 aromatic heterocycles. The summed E-state index contributed by atoms with van der Waals surface area (Å²) in [5.74, 6) is -2.97. The Morgan fingerprint density at radius 1 is 1.06 bits per heavy atom. The molecule has 3 fully saturated rings. The lowest BCUT2D eigenvalue weighted by atomic mass is 10.1. The zero-order valence-electron chi connectivity index (χ0n) is 17.7. The molecule has 1 aromatic carbocycles. The lowest BCUT2D eigenvalue weighted by Crippen LogP contribution is -2.42. The van der Waals surface area contributed by atoms with Gasteiger partial charge in [-0.1, -0.05) is 12.8 Å². The van der Waals surface area contributed by atoms with Crippen molar-refractivity contribution < 1.29 is 37.1 Å². The van der Waals surface area contributed by atoms with Crippen LogP contribution in [0.2, 0.25) is 0 Å². The molecule has 0 atom stereocenters. The largest absolute Gasteiger partial charge is 0.416 e. The van der Waals surface area contributed by atoms with Gasteiger partial charge in [0, 0.05) is 19.1 Å². The van der Waals surface area contributed by atoms with Gasteiger partial charge < -0.3 is 15.0 Å². The molecule has 5 amide bonds. The highest BCUT2D eigenvalue weighted by Crippen LogP contribution is 2.36. The molecule has 12 heteroatoms. The van der Waals surface area contributed by atoms with Crippen LogP contribution in [0.25, 0.3) is 0 Å². The Hall–Kier alpha value is -3.15. The molecule has 4 rings (SSSR count). The summed E-state index contributed by atoms with van der Waals surface area (Å²) in [5, 5.41) is 2.39. The van der Waals surface area contributed by atoms with Crippen LogP contribution < -0.4 is 10.2 Å². The van der Waals surface area contributed by atoms with Crippen molar-refractivity contribution in [2.24, 2.45) is 0 Å². The molecule has 9 nitrogen and oxygen atoms in total. The molecule has 2 aliphatic heterocycles. The number of hydrogen-bond acceptors (Lipinski definition) is 6. The molecule has 0 radical (unpaired) electrons. The van der Waals surface area contributed by atoms with E-state index in [1.807, 2.05) is 0 Å². The van der Waals surface area contributed by atoms with E-state index < -0.39 is 42.0 Å². The van der Waals surface area contributed by atoms with Crippen molar-refractivity contribution in [2.75, 3.05) is 43.1 Å². The lowest BCUT2D eigenvalue weighted by Gasteiger charge is -2.31. The number of carbonyl (C=O) groups is 4. The average Bonchev–Trinajstić information content (AvgIpc) is 3.37. The maximum atomic E-state index is 13.3. The molecule has 1 saturated carbocycles. The van der Waals surface area contributed by atoms with E-state index in [9.17, 15) is 32.3 Å². The van der Waals surface area contributed by atoms with Crippen LogP contribution in [-0.2, 0) is 25.3 Å². The maximum Gasteiger partial charge on any atom is 0.416 e. The zero-order valence-corrected chi connectivity index (χ0v) is 17.7. The number of benzene rings is 1. The van der Waals surface area contributed by atoms with Gasteiger partial charge in [-0.25, -0.2) is 9.69 Å². The molecular formula is C21H23F3N4O5. The van der Waals surface area contributed by atoms with Crippen molar-refractivity contribution in [1.29, 1.82) is 0 Å². The number of imide groups is 2. The fourth-order valence-electron chi connectivity index (χ4n) is 4.37. The van der Waals surface area contributed by atoms with Gasteiger partial charge >= 0.3 is 24.0 Å². The van der Waals surface area contributed by atoms with Gasteiger partial charge in [0.1, 0.15) is 6.54 Å². The fraction of sp³-hybridized carbons (Fsp3) is 0.524. The van der Waals surface area contributed by atoms with Crippen LogP contribution in [0, 0.1) is 0 Å². The second-order valence-corrected chi connectivity index (χ2v) is 8.16. The Balaban J connectivity index is 1.53. The van der Waals surface area contributed by atoms with E-state index in [2.05, 4.69) is 5.32 Å². The number of carbonyl (C=O) groups excluding carboxylic acids is 4. The van der Waals surface area contributed by atoms with E-state index in [4.69, 9.17) is 4.74 Å². The summed E-state index contributed by atoms with van der Waals surface area (Å²) in [6, 6.07) is 1.75. The smallest absolute Gasteiger partial charge is 0.378 e. The van der Waals surface area contributed by atoms with Gasteiger partial charge in [0.15, 0.2) is 0 Å². The molecule has 33 heavy (non-hydrogen) atoms. The zero-order chi connectivity index (χ0) is 23.8. The number of amides is 5. The minimum atomic E-state index is -4.63. The Kier molecular flexibility index (Phi) is 6.28. The molecule has 178 valence electrons. The summed E-state index contributed by atoms with van der Waals surface area (Å²) < 4.78 is 45.0. The molecule has 0 unspecified atom stereocenters. The molecule has 1 aromatic rings. The predicted molar refractivity (Wildman–Crippen MR) is 109 cm³/mol. The van der Waals surface area contributed by atoms with E-state index in [1.54, 1.807) is 4.90 Å². The van der Waals surface area contributed by atoms with Gasteiger partial charge in [0.25, 0.3) is 0 Å². The van der Waals surface area contributed by atoms with Crippen molar-refractivity contribution in [3.8, 4) is 0 Å². The topological polar surface area (TPSA) is 99.3 Å².